The van der Waals surface area contributed by atoms with Crippen LogP contribution in [0, 0.1) is 5.82 Å². The number of hydrogen-bond acceptors (Lipinski definition) is 3. The Bertz CT molecular complexity index is 938. The summed E-state index contributed by atoms with van der Waals surface area (Å²) in [4.78, 5) is 12.3. The Hall–Kier alpha value is -3.48. The number of rotatable bonds is 7. The zero-order chi connectivity index (χ0) is 19.9. The highest BCUT2D eigenvalue weighted by atomic mass is 19.1. The summed E-state index contributed by atoms with van der Waals surface area (Å²) in [5, 5.41) is 5.60. The molecule has 3 rings (SSSR count). The number of amides is 2. The number of methoxy groups -OCH3 is 2. The summed E-state index contributed by atoms with van der Waals surface area (Å²) < 4.78 is 25.5. The molecule has 3 aromatic rings. The van der Waals surface area contributed by atoms with Gasteiger partial charge in [-0.25, -0.2) is 9.18 Å². The van der Waals surface area contributed by atoms with E-state index in [0.29, 0.717) is 30.3 Å². The van der Waals surface area contributed by atoms with E-state index >= 15 is 0 Å². The lowest BCUT2D eigenvalue weighted by molar-refractivity contribution is 0.251. The first-order valence-corrected chi connectivity index (χ1v) is 8.74. The van der Waals surface area contributed by atoms with Crippen molar-refractivity contribution in [2.45, 2.75) is 13.1 Å². The Morgan fingerprint density at radius 1 is 1.07 bits per heavy atom. The molecule has 0 saturated carbocycles. The van der Waals surface area contributed by atoms with Crippen LogP contribution in [-0.4, -0.2) is 24.8 Å². The molecule has 2 aromatic carbocycles. The number of carbonyl (C=O) groups is 1. The van der Waals surface area contributed by atoms with Crippen molar-refractivity contribution in [2.24, 2.45) is 0 Å². The van der Waals surface area contributed by atoms with Crippen molar-refractivity contribution >= 4 is 11.7 Å². The van der Waals surface area contributed by atoms with Gasteiger partial charge in [-0.05, 0) is 42.0 Å². The Labute approximate surface area is 162 Å². The number of ether oxygens (including phenoxy) is 2. The van der Waals surface area contributed by atoms with E-state index in [1.807, 2.05) is 22.9 Å². The Morgan fingerprint density at radius 3 is 2.57 bits per heavy atom. The third kappa shape index (κ3) is 4.82. The number of benzene rings is 2. The van der Waals surface area contributed by atoms with Gasteiger partial charge in [0.15, 0.2) is 0 Å². The first-order valence-electron chi connectivity index (χ1n) is 8.74. The van der Waals surface area contributed by atoms with Crippen molar-refractivity contribution in [1.29, 1.82) is 0 Å². The average molecular weight is 383 g/mol. The molecule has 0 aliphatic rings. The van der Waals surface area contributed by atoms with Gasteiger partial charge in [0.1, 0.15) is 17.3 Å². The topological polar surface area (TPSA) is 64.5 Å². The highest BCUT2D eigenvalue weighted by Gasteiger charge is 2.10. The summed E-state index contributed by atoms with van der Waals surface area (Å²) in [6.45, 7) is 0.941. The molecule has 28 heavy (non-hydrogen) atoms. The monoisotopic (exact) mass is 383 g/mol. The van der Waals surface area contributed by atoms with Crippen molar-refractivity contribution in [1.82, 2.24) is 9.88 Å². The number of halogens is 1. The van der Waals surface area contributed by atoms with Gasteiger partial charge in [-0.15, -0.1) is 0 Å². The third-order valence-corrected chi connectivity index (χ3v) is 4.28. The summed E-state index contributed by atoms with van der Waals surface area (Å²) in [6, 6.07) is 15.0. The van der Waals surface area contributed by atoms with Crippen LogP contribution in [0.25, 0.3) is 0 Å². The van der Waals surface area contributed by atoms with E-state index in [0.717, 1.165) is 11.3 Å². The summed E-state index contributed by atoms with van der Waals surface area (Å²) in [5.41, 5.74) is 2.45. The lowest BCUT2D eigenvalue weighted by atomic mass is 10.2. The summed E-state index contributed by atoms with van der Waals surface area (Å²) in [5.74, 6) is 0.888. The van der Waals surface area contributed by atoms with Gasteiger partial charge in [0.25, 0.3) is 0 Å². The maximum atomic E-state index is 13.1. The lowest BCUT2D eigenvalue weighted by Gasteiger charge is -2.13. The van der Waals surface area contributed by atoms with Gasteiger partial charge in [-0.1, -0.05) is 12.1 Å². The van der Waals surface area contributed by atoms with Crippen LogP contribution >= 0.6 is 0 Å². The molecule has 0 fully saturated rings. The van der Waals surface area contributed by atoms with Crippen LogP contribution in [0.3, 0.4) is 0 Å². The van der Waals surface area contributed by atoms with Crippen LogP contribution in [0.15, 0.2) is 60.8 Å². The van der Waals surface area contributed by atoms with Gasteiger partial charge >= 0.3 is 6.03 Å². The van der Waals surface area contributed by atoms with Gasteiger partial charge in [0, 0.05) is 24.5 Å². The zero-order valence-corrected chi connectivity index (χ0v) is 15.7. The fourth-order valence-electron chi connectivity index (χ4n) is 2.79. The second-order valence-electron chi connectivity index (χ2n) is 6.13. The number of anilines is 1. The minimum absolute atomic E-state index is 0.260. The Morgan fingerprint density at radius 2 is 1.86 bits per heavy atom. The fraction of sp³-hybridized carbons (Fsp3) is 0.190. The molecule has 0 aliphatic heterocycles. The largest absolute Gasteiger partial charge is 0.497 e. The molecule has 0 saturated heterocycles. The zero-order valence-electron chi connectivity index (χ0n) is 15.7. The quantitative estimate of drug-likeness (QED) is 0.648. The van der Waals surface area contributed by atoms with E-state index in [-0.39, 0.29) is 11.8 Å². The average Bonchev–Trinajstić information content (AvgIpc) is 3.15. The number of carbonyl (C=O) groups excluding carboxylic acids is 1. The number of urea groups is 1. The van der Waals surface area contributed by atoms with Gasteiger partial charge in [-0.2, -0.15) is 0 Å². The number of nitrogens with zero attached hydrogens (tertiary/aromatic N) is 1. The van der Waals surface area contributed by atoms with Crippen LogP contribution in [0.5, 0.6) is 11.5 Å². The molecule has 2 amide bonds. The van der Waals surface area contributed by atoms with E-state index in [4.69, 9.17) is 9.47 Å². The van der Waals surface area contributed by atoms with E-state index in [2.05, 4.69) is 10.6 Å². The molecule has 6 nitrogen and oxygen atoms in total. The van der Waals surface area contributed by atoms with Crippen molar-refractivity contribution in [3.05, 3.63) is 77.9 Å². The predicted octanol–water partition coefficient (Wildman–Crippen LogP) is 4.01. The normalized spacial score (nSPS) is 10.4. The molecule has 0 spiro atoms. The van der Waals surface area contributed by atoms with Gasteiger partial charge in [-0.3, -0.25) is 0 Å². The van der Waals surface area contributed by atoms with Gasteiger partial charge in [0.2, 0.25) is 0 Å². The maximum absolute atomic E-state index is 13.1. The lowest BCUT2D eigenvalue weighted by Crippen LogP contribution is -2.29. The smallest absolute Gasteiger partial charge is 0.319 e. The van der Waals surface area contributed by atoms with E-state index in [1.54, 1.807) is 37.4 Å². The summed E-state index contributed by atoms with van der Waals surface area (Å²) in [6.07, 6.45) is 1.92. The highest BCUT2D eigenvalue weighted by molar-refractivity contribution is 5.91. The fourth-order valence-corrected chi connectivity index (χ4v) is 2.79. The molecule has 0 radical (unpaired) electrons. The Balaban J connectivity index is 1.60. The molecule has 0 unspecified atom stereocenters. The minimum atomic E-state index is -0.349. The predicted molar refractivity (Wildman–Crippen MR) is 105 cm³/mol. The molecule has 0 bridgehead atoms. The van der Waals surface area contributed by atoms with E-state index in [1.165, 1.54) is 19.2 Å². The summed E-state index contributed by atoms with van der Waals surface area (Å²) >= 11 is 0. The minimum Gasteiger partial charge on any atom is -0.497 e. The van der Waals surface area contributed by atoms with Crippen molar-refractivity contribution in [3.63, 3.8) is 0 Å². The number of nitrogens with one attached hydrogen (secondary N) is 2. The van der Waals surface area contributed by atoms with Crippen LogP contribution < -0.4 is 20.1 Å². The van der Waals surface area contributed by atoms with E-state index in [9.17, 15) is 9.18 Å². The number of aromatic nitrogens is 1. The molecule has 0 aliphatic carbocycles. The third-order valence-electron chi connectivity index (χ3n) is 4.28. The maximum Gasteiger partial charge on any atom is 0.319 e. The van der Waals surface area contributed by atoms with Crippen molar-refractivity contribution in [3.8, 4) is 11.5 Å². The summed E-state index contributed by atoms with van der Waals surface area (Å²) in [7, 11) is 3.09. The molecule has 7 heteroatoms. The first-order chi connectivity index (χ1) is 13.6. The highest BCUT2D eigenvalue weighted by Crippen LogP contribution is 2.28. The van der Waals surface area contributed by atoms with Gasteiger partial charge in [0.05, 0.1) is 26.5 Å². The van der Waals surface area contributed by atoms with Crippen molar-refractivity contribution < 1.29 is 18.7 Å². The van der Waals surface area contributed by atoms with Crippen LogP contribution in [0.1, 0.15) is 11.3 Å². The van der Waals surface area contributed by atoms with E-state index < -0.39 is 0 Å². The van der Waals surface area contributed by atoms with Crippen LogP contribution in [-0.2, 0) is 13.1 Å². The molecule has 1 aromatic heterocycles. The molecule has 146 valence electrons. The number of hydrogen-bond donors (Lipinski definition) is 2. The van der Waals surface area contributed by atoms with Gasteiger partial charge < -0.3 is 24.7 Å². The SMILES string of the molecule is COc1ccc(NC(=O)NCc2cccn2Cc2ccc(F)cc2)c(OC)c1. The molecular formula is C21H22FN3O3. The first kappa shape index (κ1) is 19.3. The second-order valence-corrected chi connectivity index (χ2v) is 6.13. The Kier molecular flexibility index (Phi) is 6.16. The standard InChI is InChI=1S/C21H22FN3O3/c1-27-18-9-10-19(20(12-18)28-2)24-21(26)23-13-17-4-3-11-25(17)14-15-5-7-16(22)8-6-15/h3-12H,13-14H2,1-2H3,(H2,23,24,26). The molecule has 2 N–H and O–H groups in total. The van der Waals surface area contributed by atoms with Crippen LogP contribution in [0.4, 0.5) is 14.9 Å². The van der Waals surface area contributed by atoms with Crippen LogP contribution in [0.2, 0.25) is 0 Å². The molecular weight excluding hydrogens is 361 g/mol. The second kappa shape index (κ2) is 8.94. The van der Waals surface area contributed by atoms with Crippen molar-refractivity contribution in [2.75, 3.05) is 19.5 Å². The molecule has 0 atom stereocenters. The molecule has 1 heterocycles.